The molecule has 0 spiro atoms. The van der Waals surface area contributed by atoms with Gasteiger partial charge in [0.2, 0.25) is 0 Å². The molecule has 5 heteroatoms. The molecule has 0 bridgehead atoms. The standard InChI is InChI=1S/C7H9BrN2O2/c8-6-3-9-7(10-4-6)5-12-2-1-11/h3-4,11H,1-2,5H2. The maximum atomic E-state index is 8.42. The summed E-state index contributed by atoms with van der Waals surface area (Å²) in [5, 5.41) is 8.42. The molecule has 0 unspecified atom stereocenters. The summed E-state index contributed by atoms with van der Waals surface area (Å²) in [6.07, 6.45) is 3.31. The van der Waals surface area contributed by atoms with Gasteiger partial charge in [-0.15, -0.1) is 0 Å². The summed E-state index contributed by atoms with van der Waals surface area (Å²) in [7, 11) is 0. The van der Waals surface area contributed by atoms with Crippen molar-refractivity contribution in [1.29, 1.82) is 0 Å². The van der Waals surface area contributed by atoms with Gasteiger partial charge >= 0.3 is 0 Å². The SMILES string of the molecule is OCCOCc1ncc(Br)cn1. The van der Waals surface area contributed by atoms with Crippen LogP contribution in [0.15, 0.2) is 16.9 Å². The van der Waals surface area contributed by atoms with Crippen molar-refractivity contribution in [3.8, 4) is 0 Å². The van der Waals surface area contributed by atoms with Gasteiger partial charge in [-0.05, 0) is 15.9 Å². The minimum atomic E-state index is 0.0243. The second-order valence-corrected chi connectivity index (χ2v) is 3.01. The first-order chi connectivity index (χ1) is 5.83. The van der Waals surface area contributed by atoms with E-state index in [0.29, 0.717) is 19.0 Å². The molecule has 1 N–H and O–H groups in total. The quantitative estimate of drug-likeness (QED) is 0.779. The van der Waals surface area contributed by atoms with E-state index in [1.807, 2.05) is 0 Å². The Morgan fingerprint density at radius 3 is 2.67 bits per heavy atom. The van der Waals surface area contributed by atoms with E-state index in [0.717, 1.165) is 4.47 Å². The van der Waals surface area contributed by atoms with E-state index in [4.69, 9.17) is 9.84 Å². The number of ether oxygens (including phenoxy) is 1. The van der Waals surface area contributed by atoms with Crippen molar-refractivity contribution >= 4 is 15.9 Å². The summed E-state index contributed by atoms with van der Waals surface area (Å²) in [5.41, 5.74) is 0. The molecule has 66 valence electrons. The van der Waals surface area contributed by atoms with E-state index in [1.165, 1.54) is 0 Å². The molecule has 0 aliphatic heterocycles. The average Bonchev–Trinajstić information content (AvgIpc) is 2.09. The molecule has 0 aromatic carbocycles. The lowest BCUT2D eigenvalue weighted by Crippen LogP contribution is -2.02. The first-order valence-electron chi connectivity index (χ1n) is 3.48. The number of aliphatic hydroxyl groups is 1. The average molecular weight is 233 g/mol. The Bertz CT molecular complexity index is 227. The summed E-state index contributed by atoms with van der Waals surface area (Å²) in [6.45, 7) is 0.684. The van der Waals surface area contributed by atoms with Crippen LogP contribution < -0.4 is 0 Å². The Kier molecular flexibility index (Phi) is 4.13. The number of hydrogen-bond acceptors (Lipinski definition) is 4. The number of aliphatic hydroxyl groups excluding tert-OH is 1. The topological polar surface area (TPSA) is 55.2 Å². The molecule has 0 fully saturated rings. The Labute approximate surface area is 78.7 Å². The van der Waals surface area contributed by atoms with Crippen molar-refractivity contribution in [2.75, 3.05) is 13.2 Å². The van der Waals surface area contributed by atoms with E-state index in [1.54, 1.807) is 12.4 Å². The third-order valence-corrected chi connectivity index (χ3v) is 1.55. The predicted octanol–water partition coefficient (Wildman–Crippen LogP) is 0.748. The van der Waals surface area contributed by atoms with Crippen LogP contribution in [0.3, 0.4) is 0 Å². The lowest BCUT2D eigenvalue weighted by molar-refractivity contribution is 0.0776. The molecule has 1 aromatic heterocycles. The highest BCUT2D eigenvalue weighted by Crippen LogP contribution is 2.04. The Hall–Kier alpha value is -0.520. The molecule has 0 amide bonds. The van der Waals surface area contributed by atoms with Gasteiger partial charge in [0.15, 0.2) is 5.82 Å². The highest BCUT2D eigenvalue weighted by molar-refractivity contribution is 9.10. The fourth-order valence-corrected chi connectivity index (χ4v) is 0.846. The van der Waals surface area contributed by atoms with Crippen LogP contribution in [0, 0.1) is 0 Å². The van der Waals surface area contributed by atoms with Gasteiger partial charge in [0.25, 0.3) is 0 Å². The largest absolute Gasteiger partial charge is 0.394 e. The van der Waals surface area contributed by atoms with Crippen molar-refractivity contribution in [2.24, 2.45) is 0 Å². The summed E-state index contributed by atoms with van der Waals surface area (Å²) in [4.78, 5) is 7.97. The van der Waals surface area contributed by atoms with Crippen LogP contribution in [-0.4, -0.2) is 28.3 Å². The Morgan fingerprint density at radius 2 is 2.08 bits per heavy atom. The van der Waals surface area contributed by atoms with Crippen molar-refractivity contribution < 1.29 is 9.84 Å². The third-order valence-electron chi connectivity index (χ3n) is 1.14. The van der Waals surface area contributed by atoms with E-state index < -0.39 is 0 Å². The fraction of sp³-hybridized carbons (Fsp3) is 0.429. The second-order valence-electron chi connectivity index (χ2n) is 2.09. The van der Waals surface area contributed by atoms with Gasteiger partial charge in [-0.3, -0.25) is 0 Å². The van der Waals surface area contributed by atoms with E-state index in [-0.39, 0.29) is 6.61 Å². The molecule has 4 nitrogen and oxygen atoms in total. The normalized spacial score (nSPS) is 10.2. The lowest BCUT2D eigenvalue weighted by Gasteiger charge is -1.99. The van der Waals surface area contributed by atoms with Gasteiger partial charge in [0.05, 0.1) is 17.7 Å². The van der Waals surface area contributed by atoms with Gasteiger partial charge in [0.1, 0.15) is 6.61 Å². The molecule has 1 aromatic rings. The van der Waals surface area contributed by atoms with Crippen LogP contribution >= 0.6 is 15.9 Å². The molecule has 12 heavy (non-hydrogen) atoms. The van der Waals surface area contributed by atoms with Gasteiger partial charge in [-0.1, -0.05) is 0 Å². The maximum absolute atomic E-state index is 8.42. The van der Waals surface area contributed by atoms with Crippen molar-refractivity contribution in [3.05, 3.63) is 22.7 Å². The van der Waals surface area contributed by atoms with Crippen LogP contribution in [0.2, 0.25) is 0 Å². The number of nitrogens with zero attached hydrogens (tertiary/aromatic N) is 2. The minimum absolute atomic E-state index is 0.0243. The minimum Gasteiger partial charge on any atom is -0.394 e. The van der Waals surface area contributed by atoms with Gasteiger partial charge in [0, 0.05) is 12.4 Å². The molecular formula is C7H9BrN2O2. The molecule has 0 atom stereocenters. The number of hydrogen-bond donors (Lipinski definition) is 1. The predicted molar refractivity (Wildman–Crippen MR) is 46.5 cm³/mol. The van der Waals surface area contributed by atoms with Crippen LogP contribution in [0.5, 0.6) is 0 Å². The van der Waals surface area contributed by atoms with E-state index >= 15 is 0 Å². The van der Waals surface area contributed by atoms with E-state index in [2.05, 4.69) is 25.9 Å². The Morgan fingerprint density at radius 1 is 1.42 bits per heavy atom. The monoisotopic (exact) mass is 232 g/mol. The van der Waals surface area contributed by atoms with Crippen LogP contribution in [0.25, 0.3) is 0 Å². The van der Waals surface area contributed by atoms with Gasteiger partial charge in [-0.25, -0.2) is 9.97 Å². The van der Waals surface area contributed by atoms with Crippen LogP contribution in [0.4, 0.5) is 0 Å². The number of aromatic nitrogens is 2. The zero-order valence-corrected chi connectivity index (χ0v) is 7.99. The summed E-state index contributed by atoms with van der Waals surface area (Å²) in [6, 6.07) is 0. The van der Waals surface area contributed by atoms with Crippen LogP contribution in [0.1, 0.15) is 5.82 Å². The molecule has 0 aliphatic carbocycles. The second kappa shape index (κ2) is 5.18. The molecule has 0 saturated heterocycles. The number of rotatable bonds is 4. The molecular weight excluding hydrogens is 224 g/mol. The van der Waals surface area contributed by atoms with Gasteiger partial charge in [-0.2, -0.15) is 0 Å². The maximum Gasteiger partial charge on any atom is 0.153 e. The summed E-state index contributed by atoms with van der Waals surface area (Å²) >= 11 is 3.22. The molecule has 0 radical (unpaired) electrons. The first kappa shape index (κ1) is 9.57. The van der Waals surface area contributed by atoms with Gasteiger partial charge < -0.3 is 9.84 Å². The molecule has 1 rings (SSSR count). The highest BCUT2D eigenvalue weighted by Gasteiger charge is 1.95. The highest BCUT2D eigenvalue weighted by atomic mass is 79.9. The Balaban J connectivity index is 2.37. The zero-order valence-electron chi connectivity index (χ0n) is 6.40. The summed E-state index contributed by atoms with van der Waals surface area (Å²) in [5.74, 6) is 0.617. The van der Waals surface area contributed by atoms with Crippen molar-refractivity contribution in [3.63, 3.8) is 0 Å². The third kappa shape index (κ3) is 3.25. The van der Waals surface area contributed by atoms with Crippen molar-refractivity contribution in [2.45, 2.75) is 6.61 Å². The van der Waals surface area contributed by atoms with E-state index in [9.17, 15) is 0 Å². The lowest BCUT2D eigenvalue weighted by atomic mass is 10.6. The summed E-state index contributed by atoms with van der Waals surface area (Å²) < 4.78 is 5.86. The van der Waals surface area contributed by atoms with Crippen molar-refractivity contribution in [1.82, 2.24) is 9.97 Å². The first-order valence-corrected chi connectivity index (χ1v) is 4.27. The van der Waals surface area contributed by atoms with Crippen LogP contribution in [-0.2, 0) is 11.3 Å². The molecule has 0 saturated carbocycles. The zero-order chi connectivity index (χ0) is 8.81. The molecule has 1 heterocycles. The molecule has 0 aliphatic rings. The number of halogens is 1. The smallest absolute Gasteiger partial charge is 0.153 e. The fourth-order valence-electron chi connectivity index (χ4n) is 0.642.